The van der Waals surface area contributed by atoms with Gasteiger partial charge in [0.1, 0.15) is 5.15 Å². The lowest BCUT2D eigenvalue weighted by atomic mass is 10.0. The van der Waals surface area contributed by atoms with Crippen LogP contribution in [0.1, 0.15) is 27.2 Å². The Morgan fingerprint density at radius 3 is 2.43 bits per heavy atom. The largest absolute Gasteiger partial charge is 1.00 e. The number of nitrogens with one attached hydrogen (secondary N) is 1. The van der Waals surface area contributed by atoms with Crippen molar-refractivity contribution in [3.05, 3.63) is 94.3 Å². The lowest BCUT2D eigenvalue weighted by Crippen LogP contribution is -3.11. The van der Waals surface area contributed by atoms with Gasteiger partial charge in [-0.1, -0.05) is 71.8 Å². The molecule has 152 valence electrons. The molecule has 1 unspecified atom stereocenters. The summed E-state index contributed by atoms with van der Waals surface area (Å²) in [4.78, 5) is 35.1. The maximum absolute atomic E-state index is 12.9. The summed E-state index contributed by atoms with van der Waals surface area (Å²) in [7, 11) is 0. The number of fused-ring (bicyclic) bond motifs is 1. The molecule has 1 aliphatic rings. The van der Waals surface area contributed by atoms with Gasteiger partial charge in [0.2, 0.25) is 5.78 Å². The molecular formula is C23H19Cl2N3O2. The summed E-state index contributed by atoms with van der Waals surface area (Å²) in [6.07, 6.45) is 0. The summed E-state index contributed by atoms with van der Waals surface area (Å²) in [6, 6.07) is 20.3. The summed E-state index contributed by atoms with van der Waals surface area (Å²) in [5.74, 6) is -0.292. The molecule has 0 saturated carbocycles. The normalized spacial score (nSPS) is 15.5. The Balaban J connectivity index is 0.00000256. The Labute approximate surface area is 185 Å². The van der Waals surface area contributed by atoms with Crippen LogP contribution in [0.2, 0.25) is 5.15 Å². The molecule has 0 aliphatic carbocycles. The van der Waals surface area contributed by atoms with Crippen LogP contribution in [0.25, 0.3) is 0 Å². The quantitative estimate of drug-likeness (QED) is 0.453. The fourth-order valence-corrected chi connectivity index (χ4v) is 3.50. The number of carbonyl (C=O) groups is 2. The maximum atomic E-state index is 12.9. The first-order valence-electron chi connectivity index (χ1n) is 9.29. The summed E-state index contributed by atoms with van der Waals surface area (Å²) in [6.45, 7) is 1.93. The molecule has 1 N–H and O–H groups in total. The van der Waals surface area contributed by atoms with Crippen molar-refractivity contribution in [1.82, 2.24) is 4.98 Å². The number of benzene rings is 2. The summed E-state index contributed by atoms with van der Waals surface area (Å²) >= 11 is 6.16. The summed E-state index contributed by atoms with van der Waals surface area (Å²) in [5.41, 5.74) is 4.25. The average Bonchev–Trinajstić information content (AvgIpc) is 2.86. The van der Waals surface area contributed by atoms with Crippen LogP contribution in [0.15, 0.2) is 71.7 Å². The van der Waals surface area contributed by atoms with Crippen molar-refractivity contribution >= 4 is 34.7 Å². The van der Waals surface area contributed by atoms with E-state index in [-0.39, 0.29) is 37.2 Å². The van der Waals surface area contributed by atoms with E-state index in [1.165, 1.54) is 0 Å². The van der Waals surface area contributed by atoms with Crippen molar-refractivity contribution < 1.29 is 26.9 Å². The van der Waals surface area contributed by atoms with E-state index in [9.17, 15) is 9.59 Å². The molecule has 1 aromatic heterocycles. The number of aliphatic imine (C=N–C) groups is 1. The van der Waals surface area contributed by atoms with Gasteiger partial charge in [-0.3, -0.25) is 9.79 Å². The molecule has 2 aromatic carbocycles. The zero-order valence-electron chi connectivity index (χ0n) is 16.2. The van der Waals surface area contributed by atoms with E-state index in [0.29, 0.717) is 32.7 Å². The number of halogens is 2. The molecule has 30 heavy (non-hydrogen) atoms. The van der Waals surface area contributed by atoms with Crippen molar-refractivity contribution in [3.63, 3.8) is 0 Å². The van der Waals surface area contributed by atoms with Gasteiger partial charge < -0.3 is 12.4 Å². The van der Waals surface area contributed by atoms with Crippen LogP contribution in [-0.4, -0.2) is 35.5 Å². The zero-order valence-corrected chi connectivity index (χ0v) is 17.7. The van der Waals surface area contributed by atoms with E-state index in [1.54, 1.807) is 24.3 Å². The lowest BCUT2D eigenvalue weighted by Gasteiger charge is -2.16. The number of hydrogen-bond acceptors (Lipinski definition) is 4. The predicted octanol–water partition coefficient (Wildman–Crippen LogP) is -0.176. The van der Waals surface area contributed by atoms with Crippen molar-refractivity contribution in [2.24, 2.45) is 4.99 Å². The van der Waals surface area contributed by atoms with Crippen LogP contribution in [-0.2, 0) is 4.79 Å². The van der Waals surface area contributed by atoms with E-state index >= 15 is 0 Å². The first-order valence-corrected chi connectivity index (χ1v) is 9.67. The fraction of sp³-hybridized carbons (Fsp3) is 0.130. The second-order valence-corrected chi connectivity index (χ2v) is 7.32. The smallest absolute Gasteiger partial charge is 0.339 e. The topological polar surface area (TPSA) is 63.8 Å². The highest BCUT2D eigenvalue weighted by atomic mass is 35.5. The van der Waals surface area contributed by atoms with Gasteiger partial charge in [0.15, 0.2) is 24.5 Å². The van der Waals surface area contributed by atoms with Gasteiger partial charge in [0.05, 0.1) is 5.71 Å². The van der Waals surface area contributed by atoms with Crippen molar-refractivity contribution in [1.29, 1.82) is 0 Å². The third kappa shape index (κ3) is 4.49. The molecular weight excluding hydrogens is 421 g/mol. The third-order valence-corrected chi connectivity index (χ3v) is 5.10. The lowest BCUT2D eigenvalue weighted by molar-refractivity contribution is -0.738. The molecule has 0 saturated heterocycles. The highest BCUT2D eigenvalue weighted by Gasteiger charge is 2.33. The van der Waals surface area contributed by atoms with Gasteiger partial charge in [-0.15, -0.1) is 0 Å². The highest BCUT2D eigenvalue weighted by Crippen LogP contribution is 2.20. The molecule has 2 heterocycles. The third-order valence-electron chi connectivity index (χ3n) is 4.89. The standard InChI is InChI=1S/C23H18ClN3O2.ClH/c1-15-7-9-16(10-8-15)19(28)14-27-18-11-12-20(24)26-23(18)22(25-13-21(27)29)17-5-3-2-4-6-17;/h2-12H,13-14H2,1H3;1H. The zero-order chi connectivity index (χ0) is 20.4. The van der Waals surface area contributed by atoms with Gasteiger partial charge in [-0.05, 0) is 13.0 Å². The van der Waals surface area contributed by atoms with Gasteiger partial charge in [0, 0.05) is 17.2 Å². The van der Waals surface area contributed by atoms with Gasteiger partial charge >= 0.3 is 5.91 Å². The second kappa shape index (κ2) is 9.30. The predicted molar refractivity (Wildman–Crippen MR) is 112 cm³/mol. The molecule has 0 radical (unpaired) electrons. The molecule has 1 atom stereocenters. The molecule has 5 nitrogen and oxygen atoms in total. The number of quaternary nitrogens is 1. The first-order chi connectivity index (χ1) is 14.0. The van der Waals surface area contributed by atoms with Crippen LogP contribution in [0.3, 0.4) is 0 Å². The van der Waals surface area contributed by atoms with Crippen LogP contribution in [0.4, 0.5) is 5.69 Å². The molecule has 1 amide bonds. The minimum absolute atomic E-state index is 0. The molecule has 4 rings (SSSR count). The minimum atomic E-state index is -0.179. The maximum Gasteiger partial charge on any atom is 0.339 e. The van der Waals surface area contributed by atoms with Crippen molar-refractivity contribution in [2.75, 3.05) is 13.1 Å². The Morgan fingerprint density at radius 2 is 1.73 bits per heavy atom. The first kappa shape index (κ1) is 21.8. The number of aryl methyl sites for hydroxylation is 1. The number of Topliss-reactive ketones (excluding diaryl/α,β-unsaturated/α-hetero) is 1. The Kier molecular flexibility index (Phi) is 6.77. The Hall–Kier alpha value is -2.86. The monoisotopic (exact) mass is 439 g/mol. The summed E-state index contributed by atoms with van der Waals surface area (Å²) < 4.78 is 0. The van der Waals surface area contributed by atoms with Crippen LogP contribution in [0, 0.1) is 6.92 Å². The molecule has 0 fully saturated rings. The Morgan fingerprint density at radius 1 is 1.03 bits per heavy atom. The number of carbonyl (C=O) groups excluding carboxylic acids is 2. The van der Waals surface area contributed by atoms with E-state index in [2.05, 4.69) is 9.98 Å². The summed E-state index contributed by atoms with van der Waals surface area (Å²) in [5, 5.41) is 0.311. The van der Waals surface area contributed by atoms with E-state index in [0.717, 1.165) is 11.1 Å². The van der Waals surface area contributed by atoms with E-state index in [1.807, 2.05) is 49.4 Å². The van der Waals surface area contributed by atoms with Crippen LogP contribution in [0.5, 0.6) is 0 Å². The number of pyridine rings is 1. The van der Waals surface area contributed by atoms with Gasteiger partial charge in [-0.25, -0.2) is 14.7 Å². The van der Waals surface area contributed by atoms with Crippen LogP contribution < -0.4 is 17.3 Å². The highest BCUT2D eigenvalue weighted by molar-refractivity contribution is 6.30. The van der Waals surface area contributed by atoms with E-state index in [4.69, 9.17) is 11.6 Å². The second-order valence-electron chi connectivity index (χ2n) is 6.93. The van der Waals surface area contributed by atoms with E-state index < -0.39 is 0 Å². The number of hydrogen-bond donors (Lipinski definition) is 1. The molecule has 3 aromatic rings. The molecule has 0 spiro atoms. The SMILES string of the molecule is Cc1ccc(C(=O)C[NH+]2C(=O)CN=C(c3ccccc3)c3nc(Cl)ccc32)cc1.[Cl-]. The average molecular weight is 440 g/mol. The van der Waals surface area contributed by atoms with Crippen molar-refractivity contribution in [3.8, 4) is 0 Å². The molecule has 7 heteroatoms. The number of rotatable bonds is 4. The van der Waals surface area contributed by atoms with Crippen molar-refractivity contribution in [2.45, 2.75) is 6.92 Å². The molecule has 1 aliphatic heterocycles. The van der Waals surface area contributed by atoms with Gasteiger partial charge in [-0.2, -0.15) is 0 Å². The number of amides is 1. The van der Waals surface area contributed by atoms with Gasteiger partial charge in [0.25, 0.3) is 0 Å². The number of ketones is 1. The molecule has 0 bridgehead atoms. The van der Waals surface area contributed by atoms with Crippen LogP contribution >= 0.6 is 11.6 Å². The Bertz CT molecular complexity index is 1110. The number of nitrogens with zero attached hydrogens (tertiary/aromatic N) is 2. The fourth-order valence-electron chi connectivity index (χ4n) is 3.35. The minimum Gasteiger partial charge on any atom is -1.00 e. The number of aromatic nitrogens is 1.